The van der Waals surface area contributed by atoms with Gasteiger partial charge in [-0.2, -0.15) is 0 Å². The van der Waals surface area contributed by atoms with Crippen LogP contribution in [0.2, 0.25) is 0 Å². The molecule has 1 heterocycles. The zero-order valence-corrected chi connectivity index (χ0v) is 9.68. The average Bonchev–Trinajstić information content (AvgIpc) is 2.57. The summed E-state index contributed by atoms with van der Waals surface area (Å²) in [6.07, 6.45) is 2.66. The molecule has 15 heavy (non-hydrogen) atoms. The van der Waals surface area contributed by atoms with E-state index in [0.29, 0.717) is 5.50 Å². The lowest BCUT2D eigenvalue weighted by Crippen LogP contribution is -2.46. The number of nitrogens with one attached hydrogen (secondary N) is 2. The second kappa shape index (κ2) is 3.72. The van der Waals surface area contributed by atoms with Crippen molar-refractivity contribution in [2.45, 2.75) is 36.2 Å². The van der Waals surface area contributed by atoms with Crippen LogP contribution in [-0.4, -0.2) is 11.5 Å². The van der Waals surface area contributed by atoms with Gasteiger partial charge in [-0.25, -0.2) is 0 Å². The first-order valence-electron chi connectivity index (χ1n) is 5.59. The Labute approximate surface area is 94.8 Å². The van der Waals surface area contributed by atoms with Crippen molar-refractivity contribution in [3.8, 4) is 0 Å². The van der Waals surface area contributed by atoms with E-state index in [0.717, 1.165) is 12.0 Å². The fraction of sp³-hybridized carbons (Fsp3) is 0.500. The fourth-order valence-electron chi connectivity index (χ4n) is 2.31. The summed E-state index contributed by atoms with van der Waals surface area (Å²) in [4.78, 5) is 1.36. The summed E-state index contributed by atoms with van der Waals surface area (Å²) < 4.78 is 0. The summed E-state index contributed by atoms with van der Waals surface area (Å²) in [7, 11) is 0. The van der Waals surface area contributed by atoms with Gasteiger partial charge in [0.1, 0.15) is 5.50 Å². The maximum Gasteiger partial charge on any atom is 0.130 e. The quantitative estimate of drug-likeness (QED) is 0.801. The van der Waals surface area contributed by atoms with Gasteiger partial charge >= 0.3 is 0 Å². The molecule has 1 unspecified atom stereocenters. The number of fused-ring (bicyclic) bond motifs is 1. The van der Waals surface area contributed by atoms with Crippen molar-refractivity contribution in [2.24, 2.45) is 5.92 Å². The van der Waals surface area contributed by atoms with Gasteiger partial charge in [-0.05, 0) is 30.9 Å². The molecule has 3 rings (SSSR count). The molecule has 2 N–H and O–H groups in total. The number of anilines is 1. The molecule has 1 atom stereocenters. The third-order valence-electron chi connectivity index (χ3n) is 3.18. The van der Waals surface area contributed by atoms with Crippen LogP contribution in [0.25, 0.3) is 0 Å². The number of para-hydroxylation sites is 1. The van der Waals surface area contributed by atoms with E-state index in [1.165, 1.54) is 23.4 Å². The third-order valence-corrected chi connectivity index (χ3v) is 4.28. The number of thioether (sulfide) groups is 1. The molecule has 80 valence electrons. The molecular weight excluding hydrogens is 204 g/mol. The SMILES string of the molecule is CC1CC(NC2Nc3ccccc3S2)C1. The first-order valence-corrected chi connectivity index (χ1v) is 6.47. The van der Waals surface area contributed by atoms with E-state index in [9.17, 15) is 0 Å². The van der Waals surface area contributed by atoms with Crippen LogP contribution in [0.4, 0.5) is 5.69 Å². The van der Waals surface area contributed by atoms with Crippen LogP contribution in [0.15, 0.2) is 29.2 Å². The Bertz CT molecular complexity index is 335. The Hall–Kier alpha value is -0.670. The van der Waals surface area contributed by atoms with Crippen LogP contribution in [0.1, 0.15) is 19.8 Å². The molecule has 0 amide bonds. The molecule has 1 aliphatic heterocycles. The first-order chi connectivity index (χ1) is 7.31. The highest BCUT2D eigenvalue weighted by atomic mass is 32.2. The minimum atomic E-state index is 0.375. The Morgan fingerprint density at radius 3 is 2.87 bits per heavy atom. The molecule has 0 saturated heterocycles. The molecule has 1 fully saturated rings. The van der Waals surface area contributed by atoms with Crippen molar-refractivity contribution in [2.75, 3.05) is 5.32 Å². The summed E-state index contributed by atoms with van der Waals surface area (Å²) >= 11 is 1.89. The van der Waals surface area contributed by atoms with Gasteiger partial charge in [0, 0.05) is 16.6 Å². The summed E-state index contributed by atoms with van der Waals surface area (Å²) in [5.74, 6) is 0.913. The Morgan fingerprint density at radius 1 is 1.33 bits per heavy atom. The van der Waals surface area contributed by atoms with Crippen molar-refractivity contribution < 1.29 is 0 Å². The van der Waals surface area contributed by atoms with Crippen molar-refractivity contribution in [1.82, 2.24) is 5.32 Å². The number of benzene rings is 1. The van der Waals surface area contributed by atoms with E-state index in [1.807, 2.05) is 11.8 Å². The first kappa shape index (κ1) is 9.55. The molecule has 2 nitrogen and oxygen atoms in total. The van der Waals surface area contributed by atoms with Gasteiger partial charge in [-0.1, -0.05) is 30.8 Å². The average molecular weight is 220 g/mol. The summed E-state index contributed by atoms with van der Waals surface area (Å²) in [6.45, 7) is 2.32. The fourth-order valence-corrected chi connectivity index (χ4v) is 3.43. The molecule has 1 aromatic carbocycles. The van der Waals surface area contributed by atoms with Crippen molar-refractivity contribution in [3.05, 3.63) is 24.3 Å². The highest BCUT2D eigenvalue weighted by Gasteiger charge is 2.29. The summed E-state index contributed by atoms with van der Waals surface area (Å²) in [5.41, 5.74) is 1.65. The molecule has 1 aliphatic carbocycles. The second-order valence-electron chi connectivity index (χ2n) is 4.58. The summed E-state index contributed by atoms with van der Waals surface area (Å²) in [5, 5.41) is 7.14. The topological polar surface area (TPSA) is 24.1 Å². The number of hydrogen-bond acceptors (Lipinski definition) is 3. The Kier molecular flexibility index (Phi) is 2.37. The van der Waals surface area contributed by atoms with Crippen LogP contribution in [0.5, 0.6) is 0 Å². The van der Waals surface area contributed by atoms with Crippen LogP contribution < -0.4 is 10.6 Å². The van der Waals surface area contributed by atoms with E-state index in [4.69, 9.17) is 0 Å². The van der Waals surface area contributed by atoms with E-state index in [-0.39, 0.29) is 0 Å². The largest absolute Gasteiger partial charge is 0.360 e. The smallest absolute Gasteiger partial charge is 0.130 e. The standard InChI is InChI=1S/C12H16N2S/c1-8-6-9(7-8)13-12-14-10-4-2-3-5-11(10)15-12/h2-5,8-9,12-14H,6-7H2,1H3. The minimum absolute atomic E-state index is 0.375. The van der Waals surface area contributed by atoms with E-state index in [1.54, 1.807) is 0 Å². The van der Waals surface area contributed by atoms with Gasteiger partial charge in [0.25, 0.3) is 0 Å². The molecule has 0 bridgehead atoms. The highest BCUT2D eigenvalue weighted by Crippen LogP contribution is 2.38. The van der Waals surface area contributed by atoms with Gasteiger partial charge in [-0.15, -0.1) is 0 Å². The molecule has 1 aromatic rings. The molecule has 1 saturated carbocycles. The van der Waals surface area contributed by atoms with Crippen molar-refractivity contribution >= 4 is 17.4 Å². The monoisotopic (exact) mass is 220 g/mol. The van der Waals surface area contributed by atoms with Crippen molar-refractivity contribution in [3.63, 3.8) is 0 Å². The van der Waals surface area contributed by atoms with Gasteiger partial charge in [-0.3, -0.25) is 5.32 Å². The lowest BCUT2D eigenvalue weighted by Gasteiger charge is -2.35. The normalized spacial score (nSPS) is 33.0. The zero-order chi connectivity index (χ0) is 10.3. The summed E-state index contributed by atoms with van der Waals surface area (Å²) in [6, 6.07) is 9.23. The van der Waals surface area contributed by atoms with Crippen molar-refractivity contribution in [1.29, 1.82) is 0 Å². The zero-order valence-electron chi connectivity index (χ0n) is 8.86. The predicted octanol–water partition coefficient (Wildman–Crippen LogP) is 2.88. The van der Waals surface area contributed by atoms with Crippen LogP contribution in [0.3, 0.4) is 0 Å². The van der Waals surface area contributed by atoms with E-state index in [2.05, 4.69) is 41.8 Å². The maximum atomic E-state index is 3.64. The predicted molar refractivity (Wildman–Crippen MR) is 65.0 cm³/mol. The lowest BCUT2D eigenvalue weighted by molar-refractivity contribution is 0.242. The molecule has 0 spiro atoms. The Morgan fingerprint density at radius 2 is 2.13 bits per heavy atom. The highest BCUT2D eigenvalue weighted by molar-refractivity contribution is 8.00. The van der Waals surface area contributed by atoms with Crippen LogP contribution in [0, 0.1) is 5.92 Å². The lowest BCUT2D eigenvalue weighted by atomic mass is 9.82. The van der Waals surface area contributed by atoms with Crippen LogP contribution in [-0.2, 0) is 0 Å². The van der Waals surface area contributed by atoms with Gasteiger partial charge in [0.2, 0.25) is 0 Å². The molecule has 0 radical (unpaired) electrons. The van der Waals surface area contributed by atoms with Gasteiger partial charge < -0.3 is 5.32 Å². The Balaban J connectivity index is 1.59. The van der Waals surface area contributed by atoms with Gasteiger partial charge in [0.15, 0.2) is 0 Å². The van der Waals surface area contributed by atoms with E-state index < -0.39 is 0 Å². The minimum Gasteiger partial charge on any atom is -0.360 e. The number of rotatable bonds is 2. The van der Waals surface area contributed by atoms with Crippen LogP contribution >= 0.6 is 11.8 Å². The number of hydrogen-bond donors (Lipinski definition) is 2. The maximum absolute atomic E-state index is 3.64. The molecular formula is C12H16N2S. The molecule has 2 aliphatic rings. The molecule has 3 heteroatoms. The third kappa shape index (κ3) is 1.86. The van der Waals surface area contributed by atoms with E-state index >= 15 is 0 Å². The second-order valence-corrected chi connectivity index (χ2v) is 5.73. The van der Waals surface area contributed by atoms with Gasteiger partial charge in [0.05, 0.1) is 0 Å². The molecule has 0 aromatic heterocycles.